The molecule has 1 heterocycles. The first-order valence-electron chi connectivity index (χ1n) is 5.94. The zero-order valence-corrected chi connectivity index (χ0v) is 10.8. The summed E-state index contributed by atoms with van der Waals surface area (Å²) in [7, 11) is 0. The van der Waals surface area contributed by atoms with Crippen molar-refractivity contribution in [3.05, 3.63) is 29.6 Å². The van der Waals surface area contributed by atoms with Crippen LogP contribution in [-0.2, 0) is 11.2 Å². The highest BCUT2D eigenvalue weighted by Gasteiger charge is 2.24. The molecule has 0 saturated carbocycles. The van der Waals surface area contributed by atoms with Crippen LogP contribution in [0.25, 0.3) is 0 Å². The van der Waals surface area contributed by atoms with Crippen molar-refractivity contribution in [2.75, 3.05) is 0 Å². The topological polar surface area (TPSA) is 79.3 Å². The van der Waals surface area contributed by atoms with Crippen molar-refractivity contribution >= 4 is 11.9 Å². The molecule has 1 aromatic rings. The first-order valence-corrected chi connectivity index (χ1v) is 5.94. The summed E-state index contributed by atoms with van der Waals surface area (Å²) >= 11 is 0. The van der Waals surface area contributed by atoms with Gasteiger partial charge < -0.3 is 10.4 Å². The largest absolute Gasteiger partial charge is 0.480 e. The Morgan fingerprint density at radius 2 is 2.11 bits per heavy atom. The van der Waals surface area contributed by atoms with Gasteiger partial charge in [0.1, 0.15) is 11.7 Å². The van der Waals surface area contributed by atoms with Crippen LogP contribution in [0.1, 0.15) is 36.8 Å². The first kappa shape index (κ1) is 14.2. The zero-order valence-electron chi connectivity index (χ0n) is 10.8. The molecule has 1 rings (SSSR count). The molecule has 5 nitrogen and oxygen atoms in total. The molecular formula is C13H18N2O3. The molecule has 5 heteroatoms. The molecule has 0 bridgehead atoms. The van der Waals surface area contributed by atoms with Gasteiger partial charge in [-0.05, 0) is 30.0 Å². The number of hydrogen-bond donors (Lipinski definition) is 2. The number of aromatic nitrogens is 1. The lowest BCUT2D eigenvalue weighted by Crippen LogP contribution is -2.44. The van der Waals surface area contributed by atoms with Gasteiger partial charge in [0.15, 0.2) is 0 Å². The quantitative estimate of drug-likeness (QED) is 0.829. The maximum absolute atomic E-state index is 11.9. The lowest BCUT2D eigenvalue weighted by Gasteiger charge is -2.17. The van der Waals surface area contributed by atoms with Crippen LogP contribution < -0.4 is 5.32 Å². The number of pyridine rings is 1. The molecular weight excluding hydrogens is 232 g/mol. The van der Waals surface area contributed by atoms with Crippen LogP contribution in [0.15, 0.2) is 18.3 Å². The van der Waals surface area contributed by atoms with Gasteiger partial charge in [0.25, 0.3) is 5.91 Å². The summed E-state index contributed by atoms with van der Waals surface area (Å²) in [5, 5.41) is 11.5. The highest BCUT2D eigenvalue weighted by molar-refractivity contribution is 5.95. The number of aryl methyl sites for hydroxylation is 1. The van der Waals surface area contributed by atoms with Crippen molar-refractivity contribution in [1.29, 1.82) is 0 Å². The minimum atomic E-state index is -1.04. The zero-order chi connectivity index (χ0) is 13.7. The summed E-state index contributed by atoms with van der Waals surface area (Å²) < 4.78 is 0. The fourth-order valence-electron chi connectivity index (χ4n) is 1.55. The lowest BCUT2D eigenvalue weighted by molar-refractivity contribution is -0.140. The third-order valence-corrected chi connectivity index (χ3v) is 2.68. The maximum atomic E-state index is 11.9. The Labute approximate surface area is 106 Å². The number of amides is 1. The Morgan fingerprint density at radius 3 is 2.61 bits per heavy atom. The van der Waals surface area contributed by atoms with Crippen molar-refractivity contribution in [2.24, 2.45) is 5.92 Å². The summed E-state index contributed by atoms with van der Waals surface area (Å²) in [5.74, 6) is -1.67. The maximum Gasteiger partial charge on any atom is 0.326 e. The molecule has 1 aromatic heterocycles. The van der Waals surface area contributed by atoms with Crippen molar-refractivity contribution in [3.63, 3.8) is 0 Å². The van der Waals surface area contributed by atoms with E-state index in [4.69, 9.17) is 5.11 Å². The van der Waals surface area contributed by atoms with Crippen molar-refractivity contribution in [2.45, 2.75) is 33.2 Å². The predicted octanol–water partition coefficient (Wildman–Crippen LogP) is 1.48. The summed E-state index contributed by atoms with van der Waals surface area (Å²) in [6.45, 7) is 5.47. The van der Waals surface area contributed by atoms with E-state index in [1.54, 1.807) is 26.1 Å². The molecule has 0 aliphatic rings. The molecule has 1 atom stereocenters. The van der Waals surface area contributed by atoms with Crippen LogP contribution in [0.4, 0.5) is 0 Å². The van der Waals surface area contributed by atoms with Gasteiger partial charge in [-0.3, -0.25) is 9.78 Å². The second kappa shape index (κ2) is 6.14. The smallest absolute Gasteiger partial charge is 0.326 e. The Bertz CT molecular complexity index is 444. The van der Waals surface area contributed by atoms with E-state index < -0.39 is 17.9 Å². The van der Waals surface area contributed by atoms with Crippen molar-refractivity contribution in [1.82, 2.24) is 10.3 Å². The van der Waals surface area contributed by atoms with Crippen LogP contribution in [-0.4, -0.2) is 28.0 Å². The molecule has 0 saturated heterocycles. The lowest BCUT2D eigenvalue weighted by atomic mass is 10.0. The van der Waals surface area contributed by atoms with Crippen LogP contribution in [0.5, 0.6) is 0 Å². The molecule has 0 spiro atoms. The average Bonchev–Trinajstić information content (AvgIpc) is 2.34. The Balaban J connectivity index is 2.83. The predicted molar refractivity (Wildman–Crippen MR) is 67.3 cm³/mol. The number of carboxylic acid groups (broad SMARTS) is 1. The highest BCUT2D eigenvalue weighted by atomic mass is 16.4. The Morgan fingerprint density at radius 1 is 1.44 bits per heavy atom. The van der Waals surface area contributed by atoms with Crippen molar-refractivity contribution < 1.29 is 14.7 Å². The van der Waals surface area contributed by atoms with E-state index in [-0.39, 0.29) is 11.6 Å². The number of nitrogens with one attached hydrogen (secondary N) is 1. The molecule has 0 aliphatic carbocycles. The Hall–Kier alpha value is -1.91. The van der Waals surface area contributed by atoms with E-state index in [1.165, 1.54) is 0 Å². The molecule has 2 N–H and O–H groups in total. The van der Waals surface area contributed by atoms with Gasteiger partial charge in [-0.1, -0.05) is 20.8 Å². The van der Waals surface area contributed by atoms with E-state index >= 15 is 0 Å². The van der Waals surface area contributed by atoms with Crippen LogP contribution in [0.2, 0.25) is 0 Å². The molecule has 18 heavy (non-hydrogen) atoms. The highest BCUT2D eigenvalue weighted by Crippen LogP contribution is 2.06. The minimum absolute atomic E-state index is 0.180. The molecule has 98 valence electrons. The van der Waals surface area contributed by atoms with Gasteiger partial charge in [-0.2, -0.15) is 0 Å². The van der Waals surface area contributed by atoms with E-state index in [0.717, 1.165) is 12.0 Å². The number of nitrogens with zero attached hydrogens (tertiary/aromatic N) is 1. The summed E-state index contributed by atoms with van der Waals surface area (Å²) in [5.41, 5.74) is 1.24. The molecule has 1 amide bonds. The number of carbonyl (C=O) groups is 2. The van der Waals surface area contributed by atoms with Crippen LogP contribution in [0, 0.1) is 5.92 Å². The first-order chi connectivity index (χ1) is 8.45. The Kier molecular flexibility index (Phi) is 4.83. The van der Waals surface area contributed by atoms with Gasteiger partial charge in [0, 0.05) is 6.20 Å². The molecule has 0 radical (unpaired) electrons. The van der Waals surface area contributed by atoms with Gasteiger partial charge in [-0.15, -0.1) is 0 Å². The minimum Gasteiger partial charge on any atom is -0.480 e. The number of aliphatic carboxylic acids is 1. The number of carbonyl (C=O) groups excluding carboxylic acids is 1. The van der Waals surface area contributed by atoms with Crippen LogP contribution in [0.3, 0.4) is 0 Å². The second-order valence-corrected chi connectivity index (χ2v) is 4.44. The monoisotopic (exact) mass is 250 g/mol. The van der Waals surface area contributed by atoms with E-state index in [1.807, 2.05) is 13.0 Å². The molecule has 0 fully saturated rings. The third kappa shape index (κ3) is 3.55. The van der Waals surface area contributed by atoms with Gasteiger partial charge in [0.05, 0.1) is 0 Å². The van der Waals surface area contributed by atoms with Crippen molar-refractivity contribution in [3.8, 4) is 0 Å². The average molecular weight is 250 g/mol. The van der Waals surface area contributed by atoms with Crippen LogP contribution >= 0.6 is 0 Å². The molecule has 0 aromatic carbocycles. The van der Waals surface area contributed by atoms with E-state index in [9.17, 15) is 9.59 Å². The summed E-state index contributed by atoms with van der Waals surface area (Å²) in [4.78, 5) is 26.8. The SMILES string of the molecule is CCc1ccnc(C(=O)N[C@@H](C(=O)O)C(C)C)c1. The normalized spacial score (nSPS) is 12.2. The van der Waals surface area contributed by atoms with Gasteiger partial charge in [-0.25, -0.2) is 4.79 Å². The fraction of sp³-hybridized carbons (Fsp3) is 0.462. The number of rotatable bonds is 5. The molecule has 0 aliphatic heterocycles. The number of hydrogen-bond acceptors (Lipinski definition) is 3. The van der Waals surface area contributed by atoms with Gasteiger partial charge in [0.2, 0.25) is 0 Å². The fourth-order valence-corrected chi connectivity index (χ4v) is 1.55. The standard InChI is InChI=1S/C13H18N2O3/c1-4-9-5-6-14-10(7-9)12(16)15-11(8(2)3)13(17)18/h5-8,11H,4H2,1-3H3,(H,15,16)(H,17,18)/t11-/m1/s1. The summed E-state index contributed by atoms with van der Waals surface area (Å²) in [6, 6.07) is 2.60. The summed E-state index contributed by atoms with van der Waals surface area (Å²) in [6.07, 6.45) is 2.36. The second-order valence-electron chi connectivity index (χ2n) is 4.44. The van der Waals surface area contributed by atoms with Gasteiger partial charge >= 0.3 is 5.97 Å². The van der Waals surface area contributed by atoms with E-state index in [0.29, 0.717) is 0 Å². The number of carboxylic acids is 1. The third-order valence-electron chi connectivity index (χ3n) is 2.68. The van der Waals surface area contributed by atoms with E-state index in [2.05, 4.69) is 10.3 Å². The molecule has 0 unspecified atom stereocenters.